The molecule has 0 saturated carbocycles. The van der Waals surface area contributed by atoms with Crippen LogP contribution < -0.4 is 0 Å². The van der Waals surface area contributed by atoms with Crippen LogP contribution in [-0.4, -0.2) is 57.2 Å². The Balaban J connectivity index is 3.05. The highest BCUT2D eigenvalue weighted by Crippen LogP contribution is 2.41. The lowest BCUT2D eigenvalue weighted by Crippen LogP contribution is -2.55. The molecule has 1 unspecified atom stereocenters. The van der Waals surface area contributed by atoms with E-state index < -0.39 is 25.9 Å². The van der Waals surface area contributed by atoms with Gasteiger partial charge in [0.05, 0.1) is 13.2 Å². The molecule has 0 aromatic carbocycles. The molecule has 0 radical (unpaired) electrons. The Morgan fingerprint density at radius 2 is 1.43 bits per heavy atom. The van der Waals surface area contributed by atoms with Crippen molar-refractivity contribution in [2.75, 3.05) is 26.4 Å². The van der Waals surface area contributed by atoms with E-state index in [2.05, 4.69) is 82.0 Å². The number of ether oxygens (including phenoxy) is 2. The Labute approximate surface area is 216 Å². The van der Waals surface area contributed by atoms with Gasteiger partial charge in [0.2, 0.25) is 0 Å². The number of esters is 1. The molecule has 1 heterocycles. The van der Waals surface area contributed by atoms with Crippen molar-refractivity contribution >= 4 is 20.4 Å². The molecule has 0 bridgehead atoms. The third-order valence-corrected chi connectivity index (χ3v) is 11.9. The van der Waals surface area contributed by atoms with Crippen molar-refractivity contribution in [1.82, 2.24) is 4.90 Å². The number of nitrogens with zero attached hydrogens (tertiary/aromatic N) is 1. The van der Waals surface area contributed by atoms with Gasteiger partial charge in [-0.3, -0.25) is 4.90 Å². The van der Waals surface area contributed by atoms with Gasteiger partial charge in [-0.2, -0.15) is 0 Å². The molecule has 6 nitrogen and oxygen atoms in total. The Hall–Kier alpha value is -1.34. The molecule has 1 aliphatic heterocycles. The zero-order valence-electron chi connectivity index (χ0n) is 24.6. The molecule has 1 fully saturated rings. The van der Waals surface area contributed by atoms with Crippen LogP contribution in [0.3, 0.4) is 0 Å². The SMILES string of the molecule is C=C1CCN(C(=O)OCCC(C)(C)C)C1(CCCO[Si](C)(C)C(C)(C)C)C(=O)OCCC(C)(C)C. The maximum absolute atomic E-state index is 13.6. The fourth-order valence-corrected chi connectivity index (χ4v) is 4.80. The van der Waals surface area contributed by atoms with Gasteiger partial charge in [-0.15, -0.1) is 0 Å². The van der Waals surface area contributed by atoms with Gasteiger partial charge in [-0.25, -0.2) is 9.59 Å². The summed E-state index contributed by atoms with van der Waals surface area (Å²) in [5.74, 6) is -0.399. The number of rotatable bonds is 10. The van der Waals surface area contributed by atoms with Crippen LogP contribution in [0.2, 0.25) is 18.1 Å². The lowest BCUT2D eigenvalue weighted by Gasteiger charge is -2.38. The zero-order valence-corrected chi connectivity index (χ0v) is 25.6. The summed E-state index contributed by atoms with van der Waals surface area (Å²) in [6.07, 6.45) is 2.63. The monoisotopic (exact) mass is 511 g/mol. The standard InChI is InChI=1S/C28H53NO5Si/c1-22-14-18-29(24(31)33-21-17-26(5,6)7)28(22,23(30)32-20-16-25(2,3)4)15-13-19-34-35(11,12)27(8,9)10/h1,13-21H2,2-12H3. The van der Waals surface area contributed by atoms with Crippen LogP contribution in [-0.2, 0) is 18.7 Å². The molecular weight excluding hydrogens is 458 g/mol. The van der Waals surface area contributed by atoms with Gasteiger partial charge in [0.15, 0.2) is 13.9 Å². The molecule has 0 aromatic heterocycles. The predicted molar refractivity (Wildman–Crippen MR) is 146 cm³/mol. The number of carbonyl (C=O) groups is 2. The molecule has 1 aliphatic rings. The fourth-order valence-electron chi connectivity index (χ4n) is 3.71. The third kappa shape index (κ3) is 9.23. The second-order valence-electron chi connectivity index (χ2n) is 13.9. The van der Waals surface area contributed by atoms with Gasteiger partial charge >= 0.3 is 12.1 Å². The summed E-state index contributed by atoms with van der Waals surface area (Å²) in [7, 11) is -1.91. The van der Waals surface area contributed by atoms with Crippen molar-refractivity contribution in [3.8, 4) is 0 Å². The number of likely N-dealkylation sites (tertiary alicyclic amines) is 1. The van der Waals surface area contributed by atoms with Crippen LogP contribution in [0.25, 0.3) is 0 Å². The number of hydrogen-bond acceptors (Lipinski definition) is 5. The second-order valence-corrected chi connectivity index (χ2v) is 18.8. The molecule has 35 heavy (non-hydrogen) atoms. The van der Waals surface area contributed by atoms with Crippen LogP contribution in [0.5, 0.6) is 0 Å². The number of hydrogen-bond donors (Lipinski definition) is 0. The van der Waals surface area contributed by atoms with Crippen molar-refractivity contribution in [3.63, 3.8) is 0 Å². The highest BCUT2D eigenvalue weighted by molar-refractivity contribution is 6.74. The van der Waals surface area contributed by atoms with Gasteiger partial charge in [-0.1, -0.05) is 68.9 Å². The first-order valence-electron chi connectivity index (χ1n) is 13.2. The first-order valence-corrected chi connectivity index (χ1v) is 16.1. The topological polar surface area (TPSA) is 65.1 Å². The highest BCUT2D eigenvalue weighted by atomic mass is 28.4. The maximum Gasteiger partial charge on any atom is 0.410 e. The fraction of sp³-hybridized carbons (Fsp3) is 0.857. The van der Waals surface area contributed by atoms with Gasteiger partial charge in [0.25, 0.3) is 0 Å². The Morgan fingerprint density at radius 3 is 1.91 bits per heavy atom. The number of amides is 1. The molecule has 1 rings (SSSR count). The Morgan fingerprint density at radius 1 is 0.914 bits per heavy atom. The van der Waals surface area contributed by atoms with Gasteiger partial charge in [0, 0.05) is 13.2 Å². The summed E-state index contributed by atoms with van der Waals surface area (Å²) in [6.45, 7) is 29.5. The quantitative estimate of drug-likeness (QED) is 0.133. The van der Waals surface area contributed by atoms with Crippen molar-refractivity contribution < 1.29 is 23.5 Å². The van der Waals surface area contributed by atoms with Crippen LogP contribution in [0.15, 0.2) is 12.2 Å². The second kappa shape index (κ2) is 11.8. The molecule has 1 atom stereocenters. The molecule has 204 valence electrons. The van der Waals surface area contributed by atoms with Gasteiger partial charge < -0.3 is 13.9 Å². The van der Waals surface area contributed by atoms with E-state index in [1.807, 2.05) is 0 Å². The summed E-state index contributed by atoms with van der Waals surface area (Å²) in [6, 6.07) is 0. The summed E-state index contributed by atoms with van der Waals surface area (Å²) >= 11 is 0. The normalized spacial score (nSPS) is 19.7. The zero-order chi connectivity index (χ0) is 27.3. The minimum absolute atomic E-state index is 0.0444. The van der Waals surface area contributed by atoms with Gasteiger partial charge in [0.1, 0.15) is 0 Å². The third-order valence-electron chi connectivity index (χ3n) is 7.36. The minimum atomic E-state index is -1.91. The van der Waals surface area contributed by atoms with E-state index in [4.69, 9.17) is 13.9 Å². The van der Waals surface area contributed by atoms with E-state index >= 15 is 0 Å². The highest BCUT2D eigenvalue weighted by Gasteiger charge is 2.54. The predicted octanol–water partition coefficient (Wildman–Crippen LogP) is 7.34. The number of carbonyl (C=O) groups excluding carboxylic acids is 2. The van der Waals surface area contributed by atoms with Crippen molar-refractivity contribution in [2.24, 2.45) is 10.8 Å². The lowest BCUT2D eigenvalue weighted by molar-refractivity contribution is -0.155. The summed E-state index contributed by atoms with van der Waals surface area (Å²) < 4.78 is 17.8. The first kappa shape index (κ1) is 31.7. The molecule has 0 aliphatic carbocycles. The van der Waals surface area contributed by atoms with Crippen molar-refractivity contribution in [2.45, 2.75) is 118 Å². The van der Waals surface area contributed by atoms with Crippen LogP contribution in [0.4, 0.5) is 4.79 Å². The van der Waals surface area contributed by atoms with E-state index in [0.29, 0.717) is 45.6 Å². The summed E-state index contributed by atoms with van der Waals surface area (Å²) in [5.41, 5.74) is -0.381. The minimum Gasteiger partial charge on any atom is -0.464 e. The van der Waals surface area contributed by atoms with Gasteiger partial charge in [-0.05, 0) is 66.6 Å². The smallest absolute Gasteiger partial charge is 0.410 e. The van der Waals surface area contributed by atoms with E-state index in [1.165, 1.54) is 0 Å². The molecule has 0 N–H and O–H groups in total. The van der Waals surface area contributed by atoms with E-state index in [0.717, 1.165) is 18.4 Å². The molecule has 1 amide bonds. The molecular formula is C28H53NO5Si. The van der Waals surface area contributed by atoms with Crippen LogP contribution in [0.1, 0.15) is 94.4 Å². The first-order chi connectivity index (χ1) is 15.7. The Kier molecular flexibility index (Phi) is 10.7. The Bertz CT molecular complexity index is 742. The molecule has 0 spiro atoms. The van der Waals surface area contributed by atoms with Crippen LogP contribution in [0, 0.1) is 10.8 Å². The largest absolute Gasteiger partial charge is 0.464 e. The van der Waals surface area contributed by atoms with Crippen LogP contribution >= 0.6 is 0 Å². The van der Waals surface area contributed by atoms with Crippen molar-refractivity contribution in [1.29, 1.82) is 0 Å². The molecule has 7 heteroatoms. The lowest BCUT2D eigenvalue weighted by atomic mass is 9.86. The molecule has 0 aromatic rings. The van der Waals surface area contributed by atoms with E-state index in [-0.39, 0.29) is 15.9 Å². The van der Waals surface area contributed by atoms with E-state index in [9.17, 15) is 9.59 Å². The average molecular weight is 512 g/mol. The average Bonchev–Trinajstić information content (AvgIpc) is 2.99. The summed E-state index contributed by atoms with van der Waals surface area (Å²) in [5, 5.41) is 0.108. The van der Waals surface area contributed by atoms with E-state index in [1.54, 1.807) is 4.90 Å². The summed E-state index contributed by atoms with van der Waals surface area (Å²) in [4.78, 5) is 28.3. The van der Waals surface area contributed by atoms with Crippen molar-refractivity contribution in [3.05, 3.63) is 12.2 Å². The maximum atomic E-state index is 13.6. The molecule has 1 saturated heterocycles.